The van der Waals surface area contributed by atoms with Gasteiger partial charge in [-0.05, 0) is 51.8 Å². The SMILES string of the molecule is COc1cccc(-c2cc(C(=O)Nc3nn(Cc4ccc(Cl)cc4)cc3Br)[nH]n2)c1. The van der Waals surface area contributed by atoms with Crippen LogP contribution in [0.15, 0.2) is 65.3 Å². The Morgan fingerprint density at radius 2 is 2.03 bits per heavy atom. The van der Waals surface area contributed by atoms with Gasteiger partial charge in [0.1, 0.15) is 11.4 Å². The molecule has 0 radical (unpaired) electrons. The highest BCUT2D eigenvalue weighted by molar-refractivity contribution is 9.10. The summed E-state index contributed by atoms with van der Waals surface area (Å²) in [5.41, 5.74) is 2.86. The minimum atomic E-state index is -0.339. The van der Waals surface area contributed by atoms with Crippen LogP contribution in [-0.2, 0) is 6.54 Å². The first-order valence-electron chi connectivity index (χ1n) is 9.00. The third kappa shape index (κ3) is 4.55. The highest BCUT2D eigenvalue weighted by Gasteiger charge is 2.15. The molecule has 0 saturated carbocycles. The van der Waals surface area contributed by atoms with Gasteiger partial charge in [0.25, 0.3) is 5.91 Å². The molecule has 4 aromatic rings. The fourth-order valence-corrected chi connectivity index (χ4v) is 3.42. The van der Waals surface area contributed by atoms with E-state index in [4.69, 9.17) is 16.3 Å². The van der Waals surface area contributed by atoms with Crippen LogP contribution in [0.4, 0.5) is 5.82 Å². The van der Waals surface area contributed by atoms with Crippen molar-refractivity contribution in [2.75, 3.05) is 12.4 Å². The number of hydrogen-bond donors (Lipinski definition) is 2. The minimum absolute atomic E-state index is 0.326. The predicted octanol–water partition coefficient (Wildman–Crippen LogP) is 5.00. The number of carbonyl (C=O) groups is 1. The lowest BCUT2D eigenvalue weighted by Gasteiger charge is -2.02. The Hall–Kier alpha value is -3.10. The maximum Gasteiger partial charge on any atom is 0.274 e. The van der Waals surface area contributed by atoms with E-state index in [9.17, 15) is 4.79 Å². The Bertz CT molecular complexity index is 1190. The molecule has 0 saturated heterocycles. The highest BCUT2D eigenvalue weighted by Crippen LogP contribution is 2.24. The Morgan fingerprint density at radius 1 is 1.23 bits per heavy atom. The molecule has 2 aromatic carbocycles. The van der Waals surface area contributed by atoms with Crippen molar-refractivity contribution in [3.05, 3.63) is 81.5 Å². The molecule has 1 amide bonds. The lowest BCUT2D eigenvalue weighted by Crippen LogP contribution is -2.13. The van der Waals surface area contributed by atoms with E-state index in [-0.39, 0.29) is 5.91 Å². The summed E-state index contributed by atoms with van der Waals surface area (Å²) >= 11 is 9.37. The lowest BCUT2D eigenvalue weighted by atomic mass is 10.1. The van der Waals surface area contributed by atoms with Crippen LogP contribution in [0.25, 0.3) is 11.3 Å². The molecule has 30 heavy (non-hydrogen) atoms. The minimum Gasteiger partial charge on any atom is -0.497 e. The average Bonchev–Trinajstić information content (AvgIpc) is 3.37. The molecule has 2 heterocycles. The number of anilines is 1. The van der Waals surface area contributed by atoms with Crippen LogP contribution in [-0.4, -0.2) is 33.0 Å². The smallest absolute Gasteiger partial charge is 0.274 e. The zero-order valence-electron chi connectivity index (χ0n) is 15.9. The van der Waals surface area contributed by atoms with Gasteiger partial charge < -0.3 is 10.1 Å². The third-order valence-corrected chi connectivity index (χ3v) is 5.23. The number of aromatic nitrogens is 4. The quantitative estimate of drug-likeness (QED) is 0.402. The molecule has 0 atom stereocenters. The molecule has 0 aliphatic heterocycles. The van der Waals surface area contributed by atoms with Crippen LogP contribution in [0.3, 0.4) is 0 Å². The number of rotatable bonds is 6. The van der Waals surface area contributed by atoms with Crippen LogP contribution >= 0.6 is 27.5 Å². The molecule has 0 spiro atoms. The van der Waals surface area contributed by atoms with Crippen molar-refractivity contribution in [2.45, 2.75) is 6.54 Å². The molecular weight excluding hydrogens is 470 g/mol. The number of ether oxygens (including phenoxy) is 1. The molecule has 2 aromatic heterocycles. The molecule has 7 nitrogen and oxygen atoms in total. The van der Waals surface area contributed by atoms with Crippen molar-refractivity contribution in [3.8, 4) is 17.0 Å². The lowest BCUT2D eigenvalue weighted by molar-refractivity contribution is 0.102. The van der Waals surface area contributed by atoms with Crippen LogP contribution < -0.4 is 10.1 Å². The second kappa shape index (κ2) is 8.73. The summed E-state index contributed by atoms with van der Waals surface area (Å²) in [5, 5.41) is 14.9. The summed E-state index contributed by atoms with van der Waals surface area (Å²) in [4.78, 5) is 12.6. The fourth-order valence-electron chi connectivity index (χ4n) is 2.88. The Morgan fingerprint density at radius 3 is 2.80 bits per heavy atom. The van der Waals surface area contributed by atoms with Crippen LogP contribution in [0.5, 0.6) is 5.75 Å². The zero-order valence-corrected chi connectivity index (χ0v) is 18.2. The van der Waals surface area contributed by atoms with E-state index in [1.165, 1.54) is 0 Å². The van der Waals surface area contributed by atoms with Gasteiger partial charge in [-0.2, -0.15) is 10.2 Å². The van der Waals surface area contributed by atoms with Gasteiger partial charge in [-0.3, -0.25) is 14.6 Å². The average molecular weight is 487 g/mol. The molecule has 0 aliphatic carbocycles. The van der Waals surface area contributed by atoms with Crippen LogP contribution in [0, 0.1) is 0 Å². The van der Waals surface area contributed by atoms with Crippen molar-refractivity contribution in [2.24, 2.45) is 0 Å². The first-order valence-corrected chi connectivity index (χ1v) is 10.2. The number of nitrogens with zero attached hydrogens (tertiary/aromatic N) is 3. The van der Waals surface area contributed by atoms with E-state index in [1.54, 1.807) is 24.1 Å². The van der Waals surface area contributed by atoms with E-state index < -0.39 is 0 Å². The van der Waals surface area contributed by atoms with E-state index in [0.717, 1.165) is 16.9 Å². The topological polar surface area (TPSA) is 84.8 Å². The normalized spacial score (nSPS) is 10.8. The van der Waals surface area contributed by atoms with Gasteiger partial charge in [0.2, 0.25) is 0 Å². The number of methoxy groups -OCH3 is 1. The number of amides is 1. The Kier molecular flexibility index (Phi) is 5.87. The predicted molar refractivity (Wildman–Crippen MR) is 119 cm³/mol. The van der Waals surface area contributed by atoms with Crippen molar-refractivity contribution >= 4 is 39.3 Å². The first-order chi connectivity index (χ1) is 14.5. The molecule has 152 valence electrons. The van der Waals surface area contributed by atoms with E-state index in [1.807, 2.05) is 48.5 Å². The molecule has 0 fully saturated rings. The number of aromatic amines is 1. The molecular formula is C21H17BrClN5O2. The Labute approximate surface area is 186 Å². The first kappa shape index (κ1) is 20.2. The highest BCUT2D eigenvalue weighted by atomic mass is 79.9. The van der Waals surface area contributed by atoms with Crippen molar-refractivity contribution < 1.29 is 9.53 Å². The van der Waals surface area contributed by atoms with E-state index in [2.05, 4.69) is 36.5 Å². The summed E-state index contributed by atoms with van der Waals surface area (Å²) in [6.45, 7) is 0.551. The fraction of sp³-hybridized carbons (Fsp3) is 0.0952. The number of H-pyrrole nitrogens is 1. The summed E-state index contributed by atoms with van der Waals surface area (Å²) in [7, 11) is 1.60. The van der Waals surface area contributed by atoms with Gasteiger partial charge in [0.15, 0.2) is 5.82 Å². The summed E-state index contributed by atoms with van der Waals surface area (Å²) in [6.07, 6.45) is 1.80. The third-order valence-electron chi connectivity index (χ3n) is 4.39. The number of nitrogens with one attached hydrogen (secondary N) is 2. The summed E-state index contributed by atoms with van der Waals surface area (Å²) in [5.74, 6) is 0.803. The maximum absolute atomic E-state index is 12.6. The zero-order chi connectivity index (χ0) is 21.1. The number of benzene rings is 2. The standard InChI is InChI=1S/C21H17BrClN5O2/c1-30-16-4-2-3-14(9-16)18-10-19(26-25-18)21(29)24-20-17(22)12-28(27-20)11-13-5-7-15(23)8-6-13/h2-10,12H,11H2,1H3,(H,25,26)(H,24,27,29). The van der Waals surface area contributed by atoms with E-state index >= 15 is 0 Å². The second-order valence-corrected chi connectivity index (χ2v) is 7.79. The van der Waals surface area contributed by atoms with Gasteiger partial charge in [0, 0.05) is 16.8 Å². The van der Waals surface area contributed by atoms with Crippen molar-refractivity contribution in [1.82, 2.24) is 20.0 Å². The summed E-state index contributed by atoms with van der Waals surface area (Å²) < 4.78 is 7.65. The number of hydrogen-bond acceptors (Lipinski definition) is 4. The van der Waals surface area contributed by atoms with Crippen LogP contribution in [0.1, 0.15) is 16.1 Å². The van der Waals surface area contributed by atoms with Gasteiger partial charge in [-0.15, -0.1) is 0 Å². The monoisotopic (exact) mass is 485 g/mol. The van der Waals surface area contributed by atoms with Crippen LogP contribution in [0.2, 0.25) is 5.02 Å². The van der Waals surface area contributed by atoms with Gasteiger partial charge >= 0.3 is 0 Å². The van der Waals surface area contributed by atoms with Gasteiger partial charge in [0.05, 0.1) is 23.8 Å². The Balaban J connectivity index is 1.47. The molecule has 2 N–H and O–H groups in total. The second-order valence-electron chi connectivity index (χ2n) is 6.50. The number of halogens is 2. The number of carbonyl (C=O) groups excluding carboxylic acids is 1. The molecule has 0 unspecified atom stereocenters. The van der Waals surface area contributed by atoms with Gasteiger partial charge in [-0.1, -0.05) is 35.9 Å². The van der Waals surface area contributed by atoms with Crippen molar-refractivity contribution in [3.63, 3.8) is 0 Å². The molecule has 0 aliphatic rings. The molecule has 9 heteroatoms. The molecule has 0 bridgehead atoms. The molecule has 4 rings (SSSR count). The maximum atomic E-state index is 12.6. The largest absolute Gasteiger partial charge is 0.497 e. The van der Waals surface area contributed by atoms with Gasteiger partial charge in [-0.25, -0.2) is 0 Å². The van der Waals surface area contributed by atoms with Crippen molar-refractivity contribution in [1.29, 1.82) is 0 Å². The summed E-state index contributed by atoms with van der Waals surface area (Å²) in [6, 6.07) is 16.7. The van der Waals surface area contributed by atoms with E-state index in [0.29, 0.717) is 33.2 Å².